The number of ether oxygens (including phenoxy) is 1. The van der Waals surface area contributed by atoms with Crippen molar-refractivity contribution < 1.29 is 36.6 Å². The Morgan fingerprint density at radius 1 is 1.18 bits per heavy atom. The molecule has 206 valence electrons. The first-order valence-corrected chi connectivity index (χ1v) is 14.6. The summed E-state index contributed by atoms with van der Waals surface area (Å²) in [4.78, 5) is 50.5. The number of carbonyl (C=O) groups excluding carboxylic acids is 3. The minimum Gasteiger partial charge on any atom is -0.493 e. The van der Waals surface area contributed by atoms with Crippen molar-refractivity contribution in [3.05, 3.63) is 61.5 Å². The molecule has 0 spiro atoms. The van der Waals surface area contributed by atoms with E-state index in [0.29, 0.717) is 30.4 Å². The van der Waals surface area contributed by atoms with Gasteiger partial charge in [0, 0.05) is 25.2 Å². The zero-order valence-electron chi connectivity index (χ0n) is 20.5. The molecule has 0 saturated carbocycles. The lowest BCUT2D eigenvalue weighted by Gasteiger charge is -2.27. The molecule has 2 heterocycles. The minimum absolute atomic E-state index is 0.0239. The lowest BCUT2D eigenvalue weighted by atomic mass is 10.1. The highest BCUT2D eigenvalue weighted by Gasteiger charge is 2.37. The predicted octanol–water partition coefficient (Wildman–Crippen LogP) is 4.18. The number of halogens is 1. The van der Waals surface area contributed by atoms with Gasteiger partial charge < -0.3 is 13.8 Å². The summed E-state index contributed by atoms with van der Waals surface area (Å²) < 4.78 is 36.3. The van der Waals surface area contributed by atoms with E-state index in [1.165, 1.54) is 31.4 Å². The molecule has 2 aromatic rings. The van der Waals surface area contributed by atoms with Gasteiger partial charge in [0.25, 0.3) is 16.8 Å². The SMILES string of the molecule is COc1cc(/C=C2\SC(=O)N(CC(=O)N3CCCCC3)C2=O)cc(Br)c1OS(=O)(=O)c1cccc([N+](=O)[O-])c1. The number of methoxy groups -OCH3 is 1. The van der Waals surface area contributed by atoms with Gasteiger partial charge in [0.2, 0.25) is 5.91 Å². The summed E-state index contributed by atoms with van der Waals surface area (Å²) in [6, 6.07) is 7.25. The lowest BCUT2D eigenvalue weighted by molar-refractivity contribution is -0.385. The molecule has 2 fully saturated rings. The maximum Gasteiger partial charge on any atom is 0.339 e. The van der Waals surface area contributed by atoms with Crippen LogP contribution in [-0.2, 0) is 19.7 Å². The van der Waals surface area contributed by atoms with Crippen LogP contribution in [0.25, 0.3) is 6.08 Å². The van der Waals surface area contributed by atoms with Crippen LogP contribution in [0.1, 0.15) is 24.8 Å². The van der Waals surface area contributed by atoms with Crippen LogP contribution in [0.15, 0.2) is 50.7 Å². The number of hydrogen-bond acceptors (Lipinski definition) is 10. The first kappa shape index (κ1) is 28.6. The number of non-ortho nitro benzene ring substituents is 1. The highest BCUT2D eigenvalue weighted by molar-refractivity contribution is 9.10. The van der Waals surface area contributed by atoms with Crippen molar-refractivity contribution in [2.45, 2.75) is 24.2 Å². The largest absolute Gasteiger partial charge is 0.493 e. The van der Waals surface area contributed by atoms with Crippen molar-refractivity contribution >= 4 is 66.6 Å². The van der Waals surface area contributed by atoms with Crippen molar-refractivity contribution in [3.63, 3.8) is 0 Å². The van der Waals surface area contributed by atoms with Gasteiger partial charge in [0.05, 0.1) is 21.4 Å². The predicted molar refractivity (Wildman–Crippen MR) is 145 cm³/mol. The molecule has 12 nitrogen and oxygen atoms in total. The molecule has 0 aromatic heterocycles. The summed E-state index contributed by atoms with van der Waals surface area (Å²) >= 11 is 3.93. The molecule has 15 heteroatoms. The van der Waals surface area contributed by atoms with Gasteiger partial charge in [-0.25, -0.2) is 0 Å². The van der Waals surface area contributed by atoms with Crippen molar-refractivity contribution in [2.75, 3.05) is 26.7 Å². The van der Waals surface area contributed by atoms with Crippen LogP contribution in [0.3, 0.4) is 0 Å². The van der Waals surface area contributed by atoms with Crippen LogP contribution in [0.4, 0.5) is 10.5 Å². The molecule has 0 unspecified atom stereocenters. The van der Waals surface area contributed by atoms with E-state index in [0.717, 1.165) is 42.4 Å². The third-order valence-corrected chi connectivity index (χ3v) is 8.65. The van der Waals surface area contributed by atoms with E-state index in [9.17, 15) is 32.9 Å². The Morgan fingerprint density at radius 3 is 2.56 bits per heavy atom. The summed E-state index contributed by atoms with van der Waals surface area (Å²) in [5.74, 6) is -1.14. The fraction of sp³-hybridized carbons (Fsp3) is 0.292. The Labute approximate surface area is 236 Å². The number of nitrogens with zero attached hydrogens (tertiary/aromatic N) is 3. The summed E-state index contributed by atoms with van der Waals surface area (Å²) in [6.45, 7) is 0.866. The molecule has 2 saturated heterocycles. The number of imide groups is 1. The van der Waals surface area contributed by atoms with Gasteiger partial charge in [-0.1, -0.05) is 6.07 Å². The fourth-order valence-corrected chi connectivity index (χ4v) is 6.46. The van der Waals surface area contributed by atoms with E-state index < -0.39 is 36.8 Å². The van der Waals surface area contributed by atoms with Crippen molar-refractivity contribution in [1.29, 1.82) is 0 Å². The van der Waals surface area contributed by atoms with E-state index in [4.69, 9.17) is 8.92 Å². The molecule has 0 aliphatic carbocycles. The van der Waals surface area contributed by atoms with Crippen molar-refractivity contribution in [2.24, 2.45) is 0 Å². The maximum absolute atomic E-state index is 12.9. The lowest BCUT2D eigenvalue weighted by Crippen LogP contribution is -2.44. The fourth-order valence-electron chi connectivity index (χ4n) is 3.98. The van der Waals surface area contributed by atoms with E-state index in [-0.39, 0.29) is 33.3 Å². The third kappa shape index (κ3) is 6.42. The average molecular weight is 640 g/mol. The van der Waals surface area contributed by atoms with Gasteiger partial charge in [0.1, 0.15) is 11.4 Å². The topological polar surface area (TPSA) is 153 Å². The molecule has 0 radical (unpaired) electrons. The van der Waals surface area contributed by atoms with Crippen molar-refractivity contribution in [3.8, 4) is 11.5 Å². The molecular formula is C24H22BrN3O9S2. The first-order valence-electron chi connectivity index (χ1n) is 11.6. The van der Waals surface area contributed by atoms with Crippen LogP contribution in [0.2, 0.25) is 0 Å². The Balaban J connectivity index is 1.55. The molecular weight excluding hydrogens is 618 g/mol. The Kier molecular flexibility index (Phi) is 8.61. The van der Waals surface area contributed by atoms with Gasteiger partial charge in [-0.05, 0) is 76.8 Å². The number of rotatable bonds is 8. The monoisotopic (exact) mass is 639 g/mol. The second kappa shape index (κ2) is 11.8. The molecule has 2 aliphatic heterocycles. The summed E-state index contributed by atoms with van der Waals surface area (Å²) in [7, 11) is -3.20. The van der Waals surface area contributed by atoms with Gasteiger partial charge in [-0.3, -0.25) is 29.4 Å². The van der Waals surface area contributed by atoms with Crippen LogP contribution in [0, 0.1) is 10.1 Å². The van der Waals surface area contributed by atoms with E-state index in [1.54, 1.807) is 4.90 Å². The molecule has 0 atom stereocenters. The van der Waals surface area contributed by atoms with E-state index in [1.807, 2.05) is 0 Å². The van der Waals surface area contributed by atoms with Gasteiger partial charge in [-0.15, -0.1) is 0 Å². The van der Waals surface area contributed by atoms with Crippen LogP contribution in [0.5, 0.6) is 11.5 Å². The second-order valence-electron chi connectivity index (χ2n) is 8.54. The van der Waals surface area contributed by atoms with E-state index >= 15 is 0 Å². The highest BCUT2D eigenvalue weighted by Crippen LogP contribution is 2.40. The normalized spacial score (nSPS) is 17.0. The van der Waals surface area contributed by atoms with E-state index in [2.05, 4.69) is 15.9 Å². The Hall–Kier alpha value is -3.43. The molecule has 0 bridgehead atoms. The van der Waals surface area contributed by atoms with Gasteiger partial charge in [0.15, 0.2) is 11.5 Å². The zero-order valence-corrected chi connectivity index (χ0v) is 23.7. The molecule has 4 rings (SSSR count). The molecule has 0 N–H and O–H groups in total. The summed E-state index contributed by atoms with van der Waals surface area (Å²) in [6.07, 6.45) is 4.23. The van der Waals surface area contributed by atoms with Gasteiger partial charge >= 0.3 is 10.1 Å². The number of nitro groups is 1. The number of carbonyl (C=O) groups is 3. The third-order valence-electron chi connectivity index (χ3n) is 5.94. The number of piperidine rings is 1. The number of thioether (sulfide) groups is 1. The Bertz CT molecular complexity index is 1490. The number of likely N-dealkylation sites (tertiary alicyclic amines) is 1. The second-order valence-corrected chi connectivity index (χ2v) is 11.9. The molecule has 3 amide bonds. The molecule has 2 aromatic carbocycles. The summed E-state index contributed by atoms with van der Waals surface area (Å²) in [5.41, 5.74) is -0.0423. The number of nitro benzene ring substituents is 1. The smallest absolute Gasteiger partial charge is 0.339 e. The van der Waals surface area contributed by atoms with Crippen LogP contribution >= 0.6 is 27.7 Å². The van der Waals surface area contributed by atoms with Crippen LogP contribution < -0.4 is 8.92 Å². The molecule has 2 aliphatic rings. The zero-order chi connectivity index (χ0) is 28.3. The van der Waals surface area contributed by atoms with Gasteiger partial charge in [-0.2, -0.15) is 8.42 Å². The first-order chi connectivity index (χ1) is 18.5. The number of benzene rings is 2. The number of hydrogen-bond donors (Lipinski definition) is 0. The maximum atomic E-state index is 12.9. The van der Waals surface area contributed by atoms with Crippen LogP contribution in [-0.4, -0.2) is 66.9 Å². The molecule has 39 heavy (non-hydrogen) atoms. The van der Waals surface area contributed by atoms with Crippen molar-refractivity contribution in [1.82, 2.24) is 9.80 Å². The number of amides is 3. The standard InChI is InChI=1S/C24H22BrN3O9S2/c1-36-19-11-15(10-18(25)22(19)37-39(34,35)17-7-5-6-16(13-17)28(32)33)12-20-23(30)27(24(31)38-20)14-21(29)26-8-3-2-4-9-26/h5-7,10-13H,2-4,8-9,14H2,1H3/b20-12-. The summed E-state index contributed by atoms with van der Waals surface area (Å²) in [5, 5.41) is 10.5. The Morgan fingerprint density at radius 2 is 1.90 bits per heavy atom. The quantitative estimate of drug-likeness (QED) is 0.178. The average Bonchev–Trinajstić information content (AvgIpc) is 3.17. The highest BCUT2D eigenvalue weighted by atomic mass is 79.9. The minimum atomic E-state index is -4.48.